The Hall–Kier alpha value is -2.59. The summed E-state index contributed by atoms with van der Waals surface area (Å²) in [6.07, 6.45) is 1.85. The first-order valence-electron chi connectivity index (χ1n) is 7.92. The average Bonchev–Trinajstić information content (AvgIpc) is 2.54. The number of hydrogen-bond acceptors (Lipinski definition) is 8. The Kier molecular flexibility index (Phi) is 5.57. The molecule has 0 aliphatic heterocycles. The summed E-state index contributed by atoms with van der Waals surface area (Å²) in [5.74, 6) is 0.730. The van der Waals surface area contributed by atoms with Crippen molar-refractivity contribution in [2.24, 2.45) is 5.14 Å². The van der Waals surface area contributed by atoms with Gasteiger partial charge in [0.15, 0.2) is 11.6 Å². The number of nitrogen functional groups attached to an aromatic ring is 2. The van der Waals surface area contributed by atoms with Crippen molar-refractivity contribution in [1.29, 1.82) is 0 Å². The van der Waals surface area contributed by atoms with Crippen molar-refractivity contribution >= 4 is 21.8 Å². The number of nitrogens with zero attached hydrogens (tertiary/aromatic N) is 2. The maximum Gasteiger partial charge on any atom is 0.241 e. The van der Waals surface area contributed by atoms with Crippen LogP contribution in [0.4, 0.5) is 11.8 Å². The van der Waals surface area contributed by atoms with Crippen LogP contribution in [0.5, 0.6) is 17.2 Å². The third kappa shape index (κ3) is 3.81. The van der Waals surface area contributed by atoms with Gasteiger partial charge >= 0.3 is 0 Å². The summed E-state index contributed by atoms with van der Waals surface area (Å²) >= 11 is 0. The summed E-state index contributed by atoms with van der Waals surface area (Å²) in [4.78, 5) is 7.53. The molecule has 0 aliphatic carbocycles. The highest BCUT2D eigenvalue weighted by Gasteiger charge is 2.26. The molecule has 1 aromatic heterocycles. The zero-order chi connectivity index (χ0) is 19.6. The minimum atomic E-state index is -4.04. The maximum atomic E-state index is 12.1. The molecule has 1 heterocycles. The highest BCUT2D eigenvalue weighted by atomic mass is 32.2. The lowest BCUT2D eigenvalue weighted by Gasteiger charge is -2.22. The monoisotopic (exact) mass is 381 g/mol. The molecule has 10 heteroatoms. The van der Waals surface area contributed by atoms with Gasteiger partial charge in [-0.05, 0) is 12.3 Å². The van der Waals surface area contributed by atoms with Crippen LogP contribution in [0.1, 0.15) is 37.8 Å². The van der Waals surface area contributed by atoms with Gasteiger partial charge in [0.2, 0.25) is 16.0 Å². The van der Waals surface area contributed by atoms with E-state index in [0.29, 0.717) is 17.7 Å². The fourth-order valence-corrected chi connectivity index (χ4v) is 3.52. The number of sulfonamides is 1. The van der Waals surface area contributed by atoms with Crippen molar-refractivity contribution in [3.8, 4) is 17.2 Å². The van der Waals surface area contributed by atoms with Gasteiger partial charge in [0.05, 0.1) is 13.3 Å². The topological polar surface area (TPSA) is 156 Å². The first kappa shape index (κ1) is 19.7. The minimum absolute atomic E-state index is 0.00753. The van der Waals surface area contributed by atoms with Gasteiger partial charge in [-0.25, -0.2) is 18.5 Å². The predicted octanol–water partition coefficient (Wildman–Crippen LogP) is 1.78. The van der Waals surface area contributed by atoms with E-state index in [0.717, 1.165) is 5.56 Å². The molecule has 0 bridgehead atoms. The fraction of sp³-hybridized carbons (Fsp3) is 0.375. The van der Waals surface area contributed by atoms with E-state index in [2.05, 4.69) is 9.97 Å². The summed E-state index contributed by atoms with van der Waals surface area (Å²) < 4.78 is 35.3. The molecule has 0 radical (unpaired) electrons. The van der Waals surface area contributed by atoms with Crippen LogP contribution in [0.15, 0.2) is 17.2 Å². The molecule has 0 saturated heterocycles. The van der Waals surface area contributed by atoms with E-state index in [9.17, 15) is 8.42 Å². The van der Waals surface area contributed by atoms with Crippen LogP contribution in [0.25, 0.3) is 0 Å². The van der Waals surface area contributed by atoms with E-state index < -0.39 is 10.0 Å². The van der Waals surface area contributed by atoms with Crippen LogP contribution in [0.2, 0.25) is 0 Å². The van der Waals surface area contributed by atoms with E-state index in [1.54, 1.807) is 0 Å². The smallest absolute Gasteiger partial charge is 0.241 e. The van der Waals surface area contributed by atoms with Gasteiger partial charge in [-0.2, -0.15) is 4.98 Å². The van der Waals surface area contributed by atoms with Crippen LogP contribution in [0.3, 0.4) is 0 Å². The standard InChI is InChI=1S/C16H23N5O4S/c1-5-9-13(8(2)3)10(6-12(14(9)24-4)26(19,22)23)25-11-7-20-16(18)21-15(11)17/h6-8H,5H2,1-4H3,(H2,19,22,23)(H4,17,18,20,21). The van der Waals surface area contributed by atoms with Gasteiger partial charge in [0.25, 0.3) is 0 Å². The Morgan fingerprint density at radius 2 is 1.88 bits per heavy atom. The quantitative estimate of drug-likeness (QED) is 0.683. The molecule has 0 unspecified atom stereocenters. The van der Waals surface area contributed by atoms with Gasteiger partial charge in [0.1, 0.15) is 16.4 Å². The molecular formula is C16H23N5O4S. The molecule has 0 amide bonds. The lowest BCUT2D eigenvalue weighted by Crippen LogP contribution is -2.16. The SMILES string of the molecule is CCc1c(OC)c(S(N)(=O)=O)cc(Oc2cnc(N)nc2N)c1C(C)C. The Labute approximate surface area is 152 Å². The minimum Gasteiger partial charge on any atom is -0.495 e. The first-order valence-corrected chi connectivity index (χ1v) is 9.47. The van der Waals surface area contributed by atoms with Crippen molar-refractivity contribution in [3.63, 3.8) is 0 Å². The second-order valence-electron chi connectivity index (χ2n) is 5.93. The lowest BCUT2D eigenvalue weighted by atomic mass is 9.93. The number of aromatic nitrogens is 2. The van der Waals surface area contributed by atoms with Crippen LogP contribution in [0, 0.1) is 0 Å². The second-order valence-corrected chi connectivity index (χ2v) is 7.46. The van der Waals surface area contributed by atoms with E-state index in [1.165, 1.54) is 19.4 Å². The predicted molar refractivity (Wildman–Crippen MR) is 98.8 cm³/mol. The van der Waals surface area contributed by atoms with Gasteiger partial charge in [-0.15, -0.1) is 0 Å². The maximum absolute atomic E-state index is 12.1. The normalized spacial score (nSPS) is 11.6. The summed E-state index contributed by atoms with van der Waals surface area (Å²) in [7, 11) is -2.64. The number of nitrogens with two attached hydrogens (primary N) is 3. The lowest BCUT2D eigenvalue weighted by molar-refractivity contribution is 0.392. The number of hydrogen-bond donors (Lipinski definition) is 3. The second kappa shape index (κ2) is 7.34. The summed E-state index contributed by atoms with van der Waals surface area (Å²) in [6.45, 7) is 5.81. The van der Waals surface area contributed by atoms with Crippen molar-refractivity contribution in [1.82, 2.24) is 9.97 Å². The Morgan fingerprint density at radius 1 is 1.23 bits per heavy atom. The zero-order valence-electron chi connectivity index (χ0n) is 15.1. The Morgan fingerprint density at radius 3 is 2.35 bits per heavy atom. The molecule has 142 valence electrons. The molecule has 0 fully saturated rings. The third-order valence-corrected chi connectivity index (χ3v) is 4.73. The molecule has 26 heavy (non-hydrogen) atoms. The summed E-state index contributed by atoms with van der Waals surface area (Å²) in [5, 5.41) is 5.37. The molecule has 2 rings (SSSR count). The molecule has 0 spiro atoms. The van der Waals surface area contributed by atoms with Crippen molar-refractivity contribution in [2.45, 2.75) is 38.0 Å². The summed E-state index contributed by atoms with van der Waals surface area (Å²) in [5.41, 5.74) is 12.8. The van der Waals surface area contributed by atoms with Crippen molar-refractivity contribution in [2.75, 3.05) is 18.6 Å². The van der Waals surface area contributed by atoms with E-state index in [-0.39, 0.29) is 34.1 Å². The largest absolute Gasteiger partial charge is 0.495 e. The number of methoxy groups -OCH3 is 1. The molecule has 6 N–H and O–H groups in total. The number of anilines is 2. The zero-order valence-corrected chi connectivity index (χ0v) is 15.9. The summed E-state index contributed by atoms with van der Waals surface area (Å²) in [6, 6.07) is 1.33. The third-order valence-electron chi connectivity index (χ3n) is 3.81. The Balaban J connectivity index is 2.78. The van der Waals surface area contributed by atoms with Crippen LogP contribution < -0.4 is 26.1 Å². The highest BCUT2D eigenvalue weighted by molar-refractivity contribution is 7.89. The molecule has 9 nitrogen and oxygen atoms in total. The highest BCUT2D eigenvalue weighted by Crippen LogP contribution is 2.42. The molecule has 2 aromatic rings. The average molecular weight is 381 g/mol. The molecule has 0 saturated carbocycles. The van der Waals surface area contributed by atoms with Gasteiger partial charge < -0.3 is 20.9 Å². The van der Waals surface area contributed by atoms with Crippen molar-refractivity contribution in [3.05, 3.63) is 23.4 Å². The fourth-order valence-electron chi connectivity index (χ4n) is 2.78. The molecule has 0 atom stereocenters. The van der Waals surface area contributed by atoms with Crippen molar-refractivity contribution < 1.29 is 17.9 Å². The molecule has 0 aliphatic rings. The number of primary sulfonamides is 1. The van der Waals surface area contributed by atoms with Gasteiger partial charge in [-0.3, -0.25) is 0 Å². The van der Waals surface area contributed by atoms with E-state index >= 15 is 0 Å². The van der Waals surface area contributed by atoms with E-state index in [1.807, 2.05) is 20.8 Å². The van der Waals surface area contributed by atoms with Gasteiger partial charge in [0, 0.05) is 17.2 Å². The van der Waals surface area contributed by atoms with Gasteiger partial charge in [-0.1, -0.05) is 20.8 Å². The number of benzene rings is 1. The number of ether oxygens (including phenoxy) is 2. The molecule has 1 aromatic carbocycles. The molecular weight excluding hydrogens is 358 g/mol. The van der Waals surface area contributed by atoms with Crippen LogP contribution in [-0.4, -0.2) is 25.5 Å². The number of rotatable bonds is 6. The first-order chi connectivity index (χ1) is 12.1. The Bertz CT molecular complexity index is 929. The van der Waals surface area contributed by atoms with Crippen LogP contribution in [-0.2, 0) is 16.4 Å². The van der Waals surface area contributed by atoms with E-state index in [4.69, 9.17) is 26.1 Å². The van der Waals surface area contributed by atoms with Crippen LogP contribution >= 0.6 is 0 Å².